The first-order valence-corrected chi connectivity index (χ1v) is 8.81. The zero-order chi connectivity index (χ0) is 18.0. The minimum absolute atomic E-state index is 0.0958. The van der Waals surface area contributed by atoms with Crippen LogP contribution in [0.5, 0.6) is 0 Å². The van der Waals surface area contributed by atoms with Crippen LogP contribution in [0.15, 0.2) is 0 Å². The van der Waals surface area contributed by atoms with E-state index in [1.165, 1.54) is 11.8 Å². The monoisotopic (exact) mass is 349 g/mol. The normalized spacial score (nSPS) is 14.9. The summed E-state index contributed by atoms with van der Waals surface area (Å²) in [5, 5.41) is 23.0. The van der Waals surface area contributed by atoms with Gasteiger partial charge >= 0.3 is 5.97 Å². The number of aliphatic carboxylic acids is 1. The van der Waals surface area contributed by atoms with Gasteiger partial charge in [0.25, 0.3) is 0 Å². The highest BCUT2D eigenvalue weighted by molar-refractivity contribution is 7.98. The molecule has 8 nitrogen and oxygen atoms in total. The minimum Gasteiger partial charge on any atom is -0.480 e. The second-order valence-corrected chi connectivity index (χ2v) is 6.65. The number of carbonyl (C=O) groups is 3. The standard InChI is InChI=1S/C14H27N3O5S/c1-8(2)6-11(14(21)22)17-13(20)10(4-5-23-3)16-12(19)9(15)7-18/h8-11,18H,4-7,15H2,1-3H3,(H,16,19)(H,17,20)(H,21,22). The van der Waals surface area contributed by atoms with Gasteiger partial charge in [-0.15, -0.1) is 0 Å². The van der Waals surface area contributed by atoms with Crippen LogP contribution < -0.4 is 16.4 Å². The van der Waals surface area contributed by atoms with Crippen LogP contribution in [-0.2, 0) is 14.4 Å². The van der Waals surface area contributed by atoms with Crippen molar-refractivity contribution in [3.05, 3.63) is 0 Å². The van der Waals surface area contributed by atoms with Crippen LogP contribution in [0.25, 0.3) is 0 Å². The molecule has 0 aliphatic heterocycles. The molecule has 134 valence electrons. The Hall–Kier alpha value is -1.32. The van der Waals surface area contributed by atoms with E-state index >= 15 is 0 Å². The van der Waals surface area contributed by atoms with Crippen LogP contribution in [0.4, 0.5) is 0 Å². The number of carboxylic acids is 1. The van der Waals surface area contributed by atoms with Crippen molar-refractivity contribution in [3.63, 3.8) is 0 Å². The predicted octanol–water partition coefficient (Wildman–Crippen LogP) is -0.841. The van der Waals surface area contributed by atoms with Crippen LogP contribution in [0.1, 0.15) is 26.7 Å². The van der Waals surface area contributed by atoms with E-state index in [-0.39, 0.29) is 5.92 Å². The molecule has 0 radical (unpaired) electrons. The molecule has 0 fully saturated rings. The van der Waals surface area contributed by atoms with E-state index in [2.05, 4.69) is 10.6 Å². The lowest BCUT2D eigenvalue weighted by Gasteiger charge is -2.23. The first kappa shape index (κ1) is 21.7. The Bertz CT molecular complexity index is 406. The van der Waals surface area contributed by atoms with Crippen LogP contribution in [0.2, 0.25) is 0 Å². The van der Waals surface area contributed by atoms with Crippen molar-refractivity contribution in [2.24, 2.45) is 11.7 Å². The molecule has 0 saturated heterocycles. The highest BCUT2D eigenvalue weighted by atomic mass is 32.2. The molecule has 2 amide bonds. The summed E-state index contributed by atoms with van der Waals surface area (Å²) in [5.74, 6) is -1.63. The van der Waals surface area contributed by atoms with Gasteiger partial charge in [-0.05, 0) is 30.8 Å². The number of hydrogen-bond donors (Lipinski definition) is 5. The Labute approximate surface area is 140 Å². The van der Waals surface area contributed by atoms with E-state index < -0.39 is 42.5 Å². The van der Waals surface area contributed by atoms with Gasteiger partial charge in [-0.1, -0.05) is 13.8 Å². The molecule has 0 heterocycles. The van der Waals surface area contributed by atoms with E-state index in [1.807, 2.05) is 20.1 Å². The number of nitrogens with two attached hydrogens (primary N) is 1. The summed E-state index contributed by atoms with van der Waals surface area (Å²) >= 11 is 1.50. The molecule has 0 aliphatic carbocycles. The summed E-state index contributed by atoms with van der Waals surface area (Å²) in [6.07, 6.45) is 2.49. The minimum atomic E-state index is -1.12. The topological polar surface area (TPSA) is 142 Å². The number of aliphatic hydroxyl groups is 1. The van der Waals surface area contributed by atoms with Crippen molar-refractivity contribution in [3.8, 4) is 0 Å². The van der Waals surface area contributed by atoms with Crippen LogP contribution in [0, 0.1) is 5.92 Å². The van der Waals surface area contributed by atoms with Gasteiger partial charge in [-0.25, -0.2) is 4.79 Å². The summed E-state index contributed by atoms with van der Waals surface area (Å²) in [6, 6.07) is -3.02. The third-order valence-corrected chi connectivity index (χ3v) is 3.74. The number of nitrogens with one attached hydrogen (secondary N) is 2. The molecule has 0 saturated carbocycles. The van der Waals surface area contributed by atoms with Crippen molar-refractivity contribution >= 4 is 29.5 Å². The SMILES string of the molecule is CSCCC(NC(=O)C(N)CO)C(=O)NC(CC(C)C)C(=O)O. The van der Waals surface area contributed by atoms with Gasteiger partial charge in [0.15, 0.2) is 0 Å². The van der Waals surface area contributed by atoms with Gasteiger partial charge in [0, 0.05) is 0 Å². The van der Waals surface area contributed by atoms with Crippen molar-refractivity contribution in [2.75, 3.05) is 18.6 Å². The average molecular weight is 349 g/mol. The third kappa shape index (κ3) is 8.77. The Balaban J connectivity index is 4.89. The maximum Gasteiger partial charge on any atom is 0.326 e. The van der Waals surface area contributed by atoms with Gasteiger partial charge in [0.2, 0.25) is 11.8 Å². The smallest absolute Gasteiger partial charge is 0.326 e. The molecule has 6 N–H and O–H groups in total. The predicted molar refractivity (Wildman–Crippen MR) is 89.0 cm³/mol. The van der Waals surface area contributed by atoms with Crippen molar-refractivity contribution in [2.45, 2.75) is 44.8 Å². The lowest BCUT2D eigenvalue weighted by Crippen LogP contribution is -2.55. The van der Waals surface area contributed by atoms with E-state index in [0.717, 1.165) is 0 Å². The number of thioether (sulfide) groups is 1. The van der Waals surface area contributed by atoms with Gasteiger partial charge in [-0.2, -0.15) is 11.8 Å². The molecular formula is C14H27N3O5S. The number of rotatable bonds is 11. The number of aliphatic hydroxyl groups excluding tert-OH is 1. The first-order valence-electron chi connectivity index (χ1n) is 7.41. The highest BCUT2D eigenvalue weighted by Gasteiger charge is 2.27. The molecule has 23 heavy (non-hydrogen) atoms. The molecule has 9 heteroatoms. The van der Waals surface area contributed by atoms with E-state index in [0.29, 0.717) is 18.6 Å². The van der Waals surface area contributed by atoms with Gasteiger partial charge in [0.1, 0.15) is 18.1 Å². The van der Waals surface area contributed by atoms with E-state index in [9.17, 15) is 19.5 Å². The highest BCUT2D eigenvalue weighted by Crippen LogP contribution is 2.07. The van der Waals surface area contributed by atoms with Gasteiger partial charge in [0.05, 0.1) is 6.61 Å². The fourth-order valence-electron chi connectivity index (χ4n) is 1.83. The molecule has 3 atom stereocenters. The zero-order valence-electron chi connectivity index (χ0n) is 13.7. The van der Waals surface area contributed by atoms with Crippen molar-refractivity contribution in [1.82, 2.24) is 10.6 Å². The maximum atomic E-state index is 12.3. The molecule has 3 unspecified atom stereocenters. The Morgan fingerprint density at radius 3 is 2.13 bits per heavy atom. The van der Waals surface area contributed by atoms with Gasteiger partial charge in [-0.3, -0.25) is 9.59 Å². The van der Waals surface area contributed by atoms with E-state index in [1.54, 1.807) is 0 Å². The number of carbonyl (C=O) groups excluding carboxylic acids is 2. The molecule has 0 aromatic carbocycles. The van der Waals surface area contributed by atoms with Crippen molar-refractivity contribution < 1.29 is 24.6 Å². The molecule has 0 aromatic heterocycles. The second-order valence-electron chi connectivity index (χ2n) is 5.66. The Morgan fingerprint density at radius 2 is 1.70 bits per heavy atom. The third-order valence-electron chi connectivity index (χ3n) is 3.10. The quantitative estimate of drug-likeness (QED) is 0.327. The average Bonchev–Trinajstić information content (AvgIpc) is 2.48. The molecule has 0 aromatic rings. The van der Waals surface area contributed by atoms with Gasteiger partial charge < -0.3 is 26.6 Å². The fraction of sp³-hybridized carbons (Fsp3) is 0.786. The van der Waals surface area contributed by atoms with E-state index in [4.69, 9.17) is 10.8 Å². The lowest BCUT2D eigenvalue weighted by molar-refractivity contribution is -0.142. The molecule has 0 bridgehead atoms. The van der Waals surface area contributed by atoms with Crippen molar-refractivity contribution in [1.29, 1.82) is 0 Å². The first-order chi connectivity index (χ1) is 10.7. The molecular weight excluding hydrogens is 322 g/mol. The summed E-state index contributed by atoms with van der Waals surface area (Å²) in [6.45, 7) is 3.18. The Morgan fingerprint density at radius 1 is 1.13 bits per heavy atom. The summed E-state index contributed by atoms with van der Waals surface area (Å²) < 4.78 is 0. The number of carboxylic acid groups (broad SMARTS) is 1. The molecule has 0 spiro atoms. The summed E-state index contributed by atoms with van der Waals surface area (Å²) in [7, 11) is 0. The number of amides is 2. The lowest BCUT2D eigenvalue weighted by atomic mass is 10.0. The maximum absolute atomic E-state index is 12.3. The van der Waals surface area contributed by atoms with Crippen LogP contribution in [0.3, 0.4) is 0 Å². The largest absolute Gasteiger partial charge is 0.480 e. The molecule has 0 aliphatic rings. The molecule has 0 rings (SSSR count). The Kier molecular flexibility index (Phi) is 10.6. The zero-order valence-corrected chi connectivity index (χ0v) is 14.6. The summed E-state index contributed by atoms with van der Waals surface area (Å²) in [5.41, 5.74) is 5.42. The van der Waals surface area contributed by atoms with Crippen LogP contribution >= 0.6 is 11.8 Å². The second kappa shape index (κ2) is 11.3. The van der Waals surface area contributed by atoms with Crippen LogP contribution in [-0.4, -0.2) is 64.7 Å². The summed E-state index contributed by atoms with van der Waals surface area (Å²) in [4.78, 5) is 35.3. The number of hydrogen-bond acceptors (Lipinski definition) is 6. The fourth-order valence-corrected chi connectivity index (χ4v) is 2.30.